The number of benzene rings is 1. The molecule has 3 nitrogen and oxygen atoms in total. The molecule has 3 N–H and O–H groups in total. The van der Waals surface area contributed by atoms with Crippen LogP contribution in [-0.2, 0) is 11.2 Å². The smallest absolute Gasteiger partial charge is 0.220 e. The number of anilines is 1. The van der Waals surface area contributed by atoms with Crippen LogP contribution < -0.4 is 11.1 Å². The summed E-state index contributed by atoms with van der Waals surface area (Å²) in [4.78, 5) is 11.2. The van der Waals surface area contributed by atoms with Crippen molar-refractivity contribution in [2.24, 2.45) is 0 Å². The van der Waals surface area contributed by atoms with Gasteiger partial charge in [0.05, 0.1) is 0 Å². The number of halogens is 1. The van der Waals surface area contributed by atoms with Gasteiger partial charge in [-0.1, -0.05) is 6.07 Å². The molecular weight excluding hydrogens is 207 g/mol. The molecular formula is C12H15FN2O. The molecule has 1 heterocycles. The quantitative estimate of drug-likeness (QED) is 0.747. The second-order valence-electron chi connectivity index (χ2n) is 4.21. The lowest BCUT2D eigenvalue weighted by Crippen LogP contribution is -2.40. The van der Waals surface area contributed by atoms with Crippen LogP contribution in [0.3, 0.4) is 0 Å². The highest BCUT2D eigenvalue weighted by Gasteiger charge is 2.19. The average Bonchev–Trinajstić information content (AvgIpc) is 2.22. The molecule has 0 aromatic heterocycles. The highest BCUT2D eigenvalue weighted by molar-refractivity contribution is 5.77. The number of piperidine rings is 1. The van der Waals surface area contributed by atoms with E-state index in [0.717, 1.165) is 12.8 Å². The Morgan fingerprint density at radius 1 is 1.50 bits per heavy atom. The Bertz CT molecular complexity index is 406. The predicted molar refractivity (Wildman–Crippen MR) is 60.3 cm³/mol. The largest absolute Gasteiger partial charge is 0.399 e. The third-order valence-electron chi connectivity index (χ3n) is 2.86. The highest BCUT2D eigenvalue weighted by atomic mass is 19.1. The van der Waals surface area contributed by atoms with Crippen LogP contribution in [0.1, 0.15) is 24.8 Å². The molecule has 1 saturated heterocycles. The summed E-state index contributed by atoms with van der Waals surface area (Å²) in [6.45, 7) is 0. The topological polar surface area (TPSA) is 55.1 Å². The average molecular weight is 222 g/mol. The number of amides is 1. The van der Waals surface area contributed by atoms with Gasteiger partial charge < -0.3 is 11.1 Å². The maximum Gasteiger partial charge on any atom is 0.220 e. The molecule has 86 valence electrons. The van der Waals surface area contributed by atoms with Gasteiger partial charge >= 0.3 is 0 Å². The number of nitrogens with one attached hydrogen (secondary N) is 1. The van der Waals surface area contributed by atoms with Gasteiger partial charge in [-0.05, 0) is 37.0 Å². The zero-order chi connectivity index (χ0) is 11.5. The van der Waals surface area contributed by atoms with Crippen molar-refractivity contribution < 1.29 is 9.18 Å². The molecule has 1 atom stereocenters. The molecule has 0 radical (unpaired) electrons. The van der Waals surface area contributed by atoms with E-state index in [1.165, 1.54) is 6.07 Å². The summed E-state index contributed by atoms with van der Waals surface area (Å²) >= 11 is 0. The van der Waals surface area contributed by atoms with Crippen LogP contribution in [0, 0.1) is 5.82 Å². The maximum absolute atomic E-state index is 13.5. The number of nitrogens with two attached hydrogens (primary N) is 1. The van der Waals surface area contributed by atoms with Crippen molar-refractivity contribution in [3.8, 4) is 0 Å². The van der Waals surface area contributed by atoms with Crippen molar-refractivity contribution >= 4 is 11.6 Å². The lowest BCUT2D eigenvalue weighted by Gasteiger charge is -2.23. The summed E-state index contributed by atoms with van der Waals surface area (Å²) in [6.07, 6.45) is 2.92. The van der Waals surface area contributed by atoms with Gasteiger partial charge in [-0.15, -0.1) is 0 Å². The molecule has 1 aromatic rings. The first-order valence-electron chi connectivity index (χ1n) is 5.48. The summed E-state index contributed by atoms with van der Waals surface area (Å²) < 4.78 is 13.5. The van der Waals surface area contributed by atoms with Gasteiger partial charge in [-0.3, -0.25) is 4.79 Å². The summed E-state index contributed by atoms with van der Waals surface area (Å²) in [7, 11) is 0. The minimum Gasteiger partial charge on any atom is -0.399 e. The van der Waals surface area contributed by atoms with Crippen LogP contribution in [-0.4, -0.2) is 11.9 Å². The fourth-order valence-corrected chi connectivity index (χ4v) is 2.03. The summed E-state index contributed by atoms with van der Waals surface area (Å²) in [5.74, 6) is -0.230. The number of carbonyl (C=O) groups is 1. The molecule has 0 bridgehead atoms. The Labute approximate surface area is 93.8 Å². The summed E-state index contributed by atoms with van der Waals surface area (Å²) in [6, 6.07) is 4.74. The monoisotopic (exact) mass is 222 g/mol. The Morgan fingerprint density at radius 3 is 3.00 bits per heavy atom. The van der Waals surface area contributed by atoms with Gasteiger partial charge in [-0.2, -0.15) is 0 Å². The van der Waals surface area contributed by atoms with Gasteiger partial charge in [0.1, 0.15) is 5.82 Å². The molecule has 0 spiro atoms. The van der Waals surface area contributed by atoms with Gasteiger partial charge in [0.2, 0.25) is 5.91 Å². The fourth-order valence-electron chi connectivity index (χ4n) is 2.03. The van der Waals surface area contributed by atoms with Crippen molar-refractivity contribution in [1.29, 1.82) is 0 Å². The second kappa shape index (κ2) is 4.51. The maximum atomic E-state index is 13.5. The lowest BCUT2D eigenvalue weighted by molar-refractivity contribution is -0.123. The van der Waals surface area contributed by atoms with E-state index in [2.05, 4.69) is 5.32 Å². The zero-order valence-corrected chi connectivity index (χ0v) is 9.00. The van der Waals surface area contributed by atoms with E-state index in [1.807, 2.05) is 0 Å². The number of nitrogen functional groups attached to an aromatic ring is 1. The number of hydrogen-bond acceptors (Lipinski definition) is 2. The van der Waals surface area contributed by atoms with E-state index in [1.54, 1.807) is 12.1 Å². The minimum absolute atomic E-state index is 0.0550. The van der Waals surface area contributed by atoms with Crippen molar-refractivity contribution in [2.75, 3.05) is 5.73 Å². The SMILES string of the molecule is Nc1ccc(CC2CCCC(=O)N2)c(F)c1. The Balaban J connectivity index is 2.05. The molecule has 1 amide bonds. The highest BCUT2D eigenvalue weighted by Crippen LogP contribution is 2.17. The van der Waals surface area contributed by atoms with Gasteiger partial charge in [0.25, 0.3) is 0 Å². The minimum atomic E-state index is -0.292. The summed E-state index contributed by atoms with van der Waals surface area (Å²) in [5, 5.41) is 2.87. The first-order chi connectivity index (χ1) is 7.65. The first-order valence-corrected chi connectivity index (χ1v) is 5.48. The molecule has 1 aliphatic rings. The summed E-state index contributed by atoms with van der Waals surface area (Å²) in [5.41, 5.74) is 6.51. The van der Waals surface area contributed by atoms with Gasteiger partial charge in [0.15, 0.2) is 0 Å². The number of carbonyl (C=O) groups excluding carboxylic acids is 1. The Hall–Kier alpha value is -1.58. The molecule has 1 unspecified atom stereocenters. The molecule has 2 rings (SSSR count). The van der Waals surface area contributed by atoms with E-state index in [4.69, 9.17) is 5.73 Å². The normalized spacial score (nSPS) is 20.6. The molecule has 4 heteroatoms. The first kappa shape index (κ1) is 10.9. The van der Waals surface area contributed by atoms with E-state index in [0.29, 0.717) is 24.1 Å². The van der Waals surface area contributed by atoms with E-state index < -0.39 is 0 Å². The van der Waals surface area contributed by atoms with Crippen LogP contribution in [0.15, 0.2) is 18.2 Å². The molecule has 1 aromatic carbocycles. The third kappa shape index (κ3) is 2.51. The van der Waals surface area contributed by atoms with E-state index >= 15 is 0 Å². The third-order valence-corrected chi connectivity index (χ3v) is 2.86. The van der Waals surface area contributed by atoms with E-state index in [-0.39, 0.29) is 17.8 Å². The van der Waals surface area contributed by atoms with Gasteiger partial charge in [-0.25, -0.2) is 4.39 Å². The Kier molecular flexibility index (Phi) is 3.08. The van der Waals surface area contributed by atoms with Crippen LogP contribution in [0.4, 0.5) is 10.1 Å². The molecule has 1 aliphatic heterocycles. The zero-order valence-electron chi connectivity index (χ0n) is 9.00. The predicted octanol–water partition coefficient (Wildman–Crippen LogP) is 1.62. The van der Waals surface area contributed by atoms with E-state index in [9.17, 15) is 9.18 Å². The van der Waals surface area contributed by atoms with Crippen molar-refractivity contribution in [1.82, 2.24) is 5.32 Å². The van der Waals surface area contributed by atoms with Crippen LogP contribution in [0.25, 0.3) is 0 Å². The standard InChI is InChI=1S/C12H15FN2O/c13-11-7-9(14)5-4-8(11)6-10-2-1-3-12(16)15-10/h4-5,7,10H,1-3,6,14H2,(H,15,16). The number of hydrogen-bond donors (Lipinski definition) is 2. The second-order valence-corrected chi connectivity index (χ2v) is 4.21. The van der Waals surface area contributed by atoms with Crippen molar-refractivity contribution in [3.63, 3.8) is 0 Å². The molecule has 16 heavy (non-hydrogen) atoms. The lowest BCUT2D eigenvalue weighted by atomic mass is 9.97. The number of rotatable bonds is 2. The van der Waals surface area contributed by atoms with Gasteiger partial charge in [0, 0.05) is 18.2 Å². The molecule has 0 saturated carbocycles. The Morgan fingerprint density at radius 2 is 2.31 bits per heavy atom. The van der Waals surface area contributed by atoms with Crippen LogP contribution in [0.5, 0.6) is 0 Å². The van der Waals surface area contributed by atoms with Crippen molar-refractivity contribution in [3.05, 3.63) is 29.6 Å². The molecule has 0 aliphatic carbocycles. The fraction of sp³-hybridized carbons (Fsp3) is 0.417. The van der Waals surface area contributed by atoms with Crippen LogP contribution in [0.2, 0.25) is 0 Å². The van der Waals surface area contributed by atoms with Crippen molar-refractivity contribution in [2.45, 2.75) is 31.7 Å². The van der Waals surface area contributed by atoms with Crippen LogP contribution >= 0.6 is 0 Å². The molecule has 1 fully saturated rings.